The summed E-state index contributed by atoms with van der Waals surface area (Å²) in [6.07, 6.45) is 11.8. The second kappa shape index (κ2) is 6.90. The van der Waals surface area contributed by atoms with Crippen LogP contribution in [-0.4, -0.2) is 0 Å². The highest BCUT2D eigenvalue weighted by atomic mass is 14.0. The van der Waals surface area contributed by atoms with Crippen LogP contribution in [0.4, 0.5) is 0 Å². The maximum absolute atomic E-state index is 2.21. The van der Waals surface area contributed by atoms with Crippen molar-refractivity contribution in [2.75, 3.05) is 0 Å². The van der Waals surface area contributed by atoms with Gasteiger partial charge in [0.05, 0.1) is 0 Å². The highest BCUT2D eigenvalue weighted by Crippen LogP contribution is 2.10. The predicted molar refractivity (Wildman–Crippen MR) is 57.2 cm³/mol. The van der Waals surface area contributed by atoms with E-state index in [4.69, 9.17) is 0 Å². The van der Waals surface area contributed by atoms with E-state index in [1.54, 1.807) is 0 Å². The van der Waals surface area contributed by atoms with Crippen molar-refractivity contribution in [3.8, 4) is 0 Å². The maximum Gasteiger partial charge on any atom is -0.0222 e. The highest BCUT2D eigenvalue weighted by Gasteiger charge is 1.94. The third kappa shape index (κ3) is 4.95. The van der Waals surface area contributed by atoms with Gasteiger partial charge in [-0.2, -0.15) is 0 Å². The van der Waals surface area contributed by atoms with E-state index in [9.17, 15) is 0 Å². The number of hydrogen-bond acceptors (Lipinski definition) is 0. The lowest BCUT2D eigenvalue weighted by atomic mass is 10.0. The molecule has 0 aromatic rings. The van der Waals surface area contributed by atoms with Crippen molar-refractivity contribution >= 4 is 0 Å². The normalized spacial score (nSPS) is 13.9. The summed E-state index contributed by atoms with van der Waals surface area (Å²) < 4.78 is 0. The van der Waals surface area contributed by atoms with Crippen molar-refractivity contribution < 1.29 is 0 Å². The quantitative estimate of drug-likeness (QED) is 0.548. The lowest BCUT2D eigenvalue weighted by Gasteiger charge is -2.03. The molecular formula is C12H20. The van der Waals surface area contributed by atoms with Gasteiger partial charge in [-0.1, -0.05) is 51.2 Å². The van der Waals surface area contributed by atoms with Gasteiger partial charge < -0.3 is 0 Å². The average molecular weight is 164 g/mol. The molecule has 0 unspecified atom stereocenters. The summed E-state index contributed by atoms with van der Waals surface area (Å²) in [6, 6.07) is 0. The van der Waals surface area contributed by atoms with E-state index in [1.807, 2.05) is 0 Å². The molecule has 0 aliphatic heterocycles. The Kier molecular flexibility index (Phi) is 6.45. The molecule has 0 aromatic heterocycles. The minimum atomic E-state index is 0.626. The van der Waals surface area contributed by atoms with Gasteiger partial charge in [-0.15, -0.1) is 0 Å². The lowest BCUT2D eigenvalue weighted by molar-refractivity contribution is 0.789. The smallest absolute Gasteiger partial charge is 0.0222 e. The molecule has 0 aromatic carbocycles. The Hall–Kier alpha value is -0.780. The van der Waals surface area contributed by atoms with Gasteiger partial charge in [0.15, 0.2) is 0 Å². The largest absolute Gasteiger partial charge is 0.0848 e. The fourth-order valence-corrected chi connectivity index (χ4v) is 1.00. The zero-order chi connectivity index (χ0) is 9.40. The Morgan fingerprint density at radius 2 is 1.92 bits per heavy atom. The number of allylic oxidation sites excluding steroid dienone is 6. The van der Waals surface area contributed by atoms with E-state index in [-0.39, 0.29) is 0 Å². The lowest BCUT2D eigenvalue weighted by Crippen LogP contribution is -1.88. The van der Waals surface area contributed by atoms with Crippen molar-refractivity contribution in [3.63, 3.8) is 0 Å². The molecule has 0 nitrogen and oxygen atoms in total. The van der Waals surface area contributed by atoms with Crippen molar-refractivity contribution in [1.82, 2.24) is 0 Å². The predicted octanol–water partition coefficient (Wildman–Crippen LogP) is 4.11. The highest BCUT2D eigenvalue weighted by molar-refractivity contribution is 5.23. The Bertz CT molecular complexity index is 180. The zero-order valence-corrected chi connectivity index (χ0v) is 8.67. The van der Waals surface area contributed by atoms with E-state index < -0.39 is 0 Å². The Morgan fingerprint density at radius 3 is 2.33 bits per heavy atom. The molecule has 0 spiro atoms. The molecule has 0 aliphatic carbocycles. The van der Waals surface area contributed by atoms with Gasteiger partial charge in [0, 0.05) is 0 Å². The molecule has 12 heavy (non-hydrogen) atoms. The SMILES string of the molecule is C\C=C(/C=C\C=C\CC)C(C)C. The van der Waals surface area contributed by atoms with Gasteiger partial charge in [-0.3, -0.25) is 0 Å². The van der Waals surface area contributed by atoms with Crippen LogP contribution in [0.25, 0.3) is 0 Å². The average Bonchev–Trinajstić information content (AvgIpc) is 2.04. The van der Waals surface area contributed by atoms with Crippen molar-refractivity contribution in [1.29, 1.82) is 0 Å². The van der Waals surface area contributed by atoms with Crippen LogP contribution in [0, 0.1) is 5.92 Å². The second-order valence-electron chi connectivity index (χ2n) is 3.14. The van der Waals surface area contributed by atoms with Crippen molar-refractivity contribution in [2.45, 2.75) is 34.1 Å². The maximum atomic E-state index is 2.21. The van der Waals surface area contributed by atoms with Crippen molar-refractivity contribution in [3.05, 3.63) is 36.0 Å². The van der Waals surface area contributed by atoms with Gasteiger partial charge in [0.2, 0.25) is 0 Å². The molecule has 0 aliphatic rings. The van der Waals surface area contributed by atoms with Crippen LogP contribution in [0.1, 0.15) is 34.1 Å². The molecule has 0 heteroatoms. The number of hydrogen-bond donors (Lipinski definition) is 0. The summed E-state index contributed by atoms with van der Waals surface area (Å²) >= 11 is 0. The van der Waals surface area contributed by atoms with Crippen molar-refractivity contribution in [2.24, 2.45) is 5.92 Å². The van der Waals surface area contributed by atoms with E-state index >= 15 is 0 Å². The first-order valence-corrected chi connectivity index (χ1v) is 4.71. The van der Waals surface area contributed by atoms with Gasteiger partial charge in [0.1, 0.15) is 0 Å². The standard InChI is InChI=1S/C12H20/c1-5-7-8-9-10-12(6-2)11(3)4/h6-11H,5H2,1-4H3/b8-7+,10-9-,12-6+. The summed E-state index contributed by atoms with van der Waals surface area (Å²) in [5.74, 6) is 0.626. The fourth-order valence-electron chi connectivity index (χ4n) is 1.00. The first kappa shape index (κ1) is 11.2. The van der Waals surface area contributed by atoms with Gasteiger partial charge in [0.25, 0.3) is 0 Å². The van der Waals surface area contributed by atoms with Crippen LogP contribution in [-0.2, 0) is 0 Å². The second-order valence-corrected chi connectivity index (χ2v) is 3.14. The topological polar surface area (TPSA) is 0 Å². The van der Waals surface area contributed by atoms with E-state index in [2.05, 4.69) is 58.1 Å². The molecule has 68 valence electrons. The summed E-state index contributed by atoms with van der Waals surface area (Å²) in [7, 11) is 0. The first-order valence-electron chi connectivity index (χ1n) is 4.71. The van der Waals surface area contributed by atoms with E-state index in [1.165, 1.54) is 5.57 Å². The molecule has 0 fully saturated rings. The van der Waals surface area contributed by atoms with E-state index in [0.29, 0.717) is 5.92 Å². The molecule has 0 saturated heterocycles. The molecular weight excluding hydrogens is 144 g/mol. The molecule has 0 N–H and O–H groups in total. The van der Waals surface area contributed by atoms with E-state index in [0.717, 1.165) is 6.42 Å². The third-order valence-electron chi connectivity index (χ3n) is 1.77. The molecule has 0 saturated carbocycles. The Labute approximate surface area is 76.7 Å². The van der Waals surface area contributed by atoms with Crippen LogP contribution in [0.15, 0.2) is 36.0 Å². The zero-order valence-electron chi connectivity index (χ0n) is 8.67. The molecule has 0 atom stereocenters. The third-order valence-corrected chi connectivity index (χ3v) is 1.77. The van der Waals surface area contributed by atoms with Crippen LogP contribution in [0.5, 0.6) is 0 Å². The molecule has 0 bridgehead atoms. The number of rotatable bonds is 4. The van der Waals surface area contributed by atoms with Gasteiger partial charge in [-0.05, 0) is 24.8 Å². The first-order chi connectivity index (χ1) is 5.72. The van der Waals surface area contributed by atoms with Gasteiger partial charge in [-0.25, -0.2) is 0 Å². The molecule has 0 heterocycles. The summed E-state index contributed by atoms with van der Waals surface area (Å²) in [5, 5.41) is 0. The monoisotopic (exact) mass is 164 g/mol. The summed E-state index contributed by atoms with van der Waals surface area (Å²) in [4.78, 5) is 0. The minimum Gasteiger partial charge on any atom is -0.0848 e. The Morgan fingerprint density at radius 1 is 1.25 bits per heavy atom. The van der Waals surface area contributed by atoms with Crippen LogP contribution < -0.4 is 0 Å². The van der Waals surface area contributed by atoms with Crippen LogP contribution in [0.2, 0.25) is 0 Å². The molecule has 0 radical (unpaired) electrons. The van der Waals surface area contributed by atoms with Crippen LogP contribution in [0.3, 0.4) is 0 Å². The fraction of sp³-hybridized carbons (Fsp3) is 0.500. The Balaban J connectivity index is 4.04. The summed E-state index contributed by atoms with van der Waals surface area (Å²) in [6.45, 7) is 8.65. The van der Waals surface area contributed by atoms with Gasteiger partial charge >= 0.3 is 0 Å². The molecule has 0 amide bonds. The minimum absolute atomic E-state index is 0.626. The summed E-state index contributed by atoms with van der Waals surface area (Å²) in [5.41, 5.74) is 1.40. The molecule has 0 rings (SSSR count). The van der Waals surface area contributed by atoms with Crippen LogP contribution >= 0.6 is 0 Å².